The van der Waals surface area contributed by atoms with Crippen molar-refractivity contribution in [2.24, 2.45) is 5.73 Å². The van der Waals surface area contributed by atoms with Crippen LogP contribution >= 0.6 is 0 Å². The van der Waals surface area contributed by atoms with E-state index in [0.29, 0.717) is 23.8 Å². The summed E-state index contributed by atoms with van der Waals surface area (Å²) in [4.78, 5) is 26.5. The summed E-state index contributed by atoms with van der Waals surface area (Å²) in [6.07, 6.45) is 2.24. The zero-order chi connectivity index (χ0) is 27.6. The molecule has 0 unspecified atom stereocenters. The summed E-state index contributed by atoms with van der Waals surface area (Å²) in [7, 11) is 1.31. The van der Waals surface area contributed by atoms with Crippen molar-refractivity contribution in [1.82, 2.24) is 5.32 Å². The number of anilines is 2. The van der Waals surface area contributed by atoms with Gasteiger partial charge in [0, 0.05) is 23.5 Å². The smallest absolute Gasteiger partial charge is 0.343 e. The average molecular weight is 530 g/mol. The van der Waals surface area contributed by atoms with Gasteiger partial charge in [-0.15, -0.1) is 0 Å². The fraction of sp³-hybridized carbons (Fsp3) is 0.300. The zero-order valence-corrected chi connectivity index (χ0v) is 22.1. The molecule has 0 atom stereocenters. The van der Waals surface area contributed by atoms with Crippen LogP contribution in [-0.2, 0) is 20.9 Å². The van der Waals surface area contributed by atoms with E-state index in [2.05, 4.69) is 27.5 Å². The Kier molecular flexibility index (Phi) is 9.53. The summed E-state index contributed by atoms with van der Waals surface area (Å²) >= 11 is 0. The highest BCUT2D eigenvalue weighted by Crippen LogP contribution is 2.26. The molecule has 1 heterocycles. The quantitative estimate of drug-likeness (QED) is 0.170. The number of carbonyl (C=O) groups excluding carboxylic acids is 2. The number of rotatable bonds is 11. The van der Waals surface area contributed by atoms with Crippen molar-refractivity contribution in [2.75, 3.05) is 43.6 Å². The van der Waals surface area contributed by atoms with Crippen LogP contribution in [0.5, 0.6) is 5.75 Å². The number of methoxy groups -OCH3 is 1. The Hall–Kier alpha value is -4.37. The lowest BCUT2D eigenvalue weighted by atomic mass is 9.90. The number of nitrogens with one attached hydrogen (secondary N) is 3. The number of esters is 1. The second-order valence-corrected chi connectivity index (χ2v) is 9.53. The number of nitrogens with two attached hydrogens (primary N) is 1. The number of nitrogen functional groups attached to an aromatic ring is 1. The van der Waals surface area contributed by atoms with Gasteiger partial charge < -0.3 is 30.7 Å². The van der Waals surface area contributed by atoms with Crippen LogP contribution in [0.3, 0.4) is 0 Å². The molecule has 0 aliphatic carbocycles. The first kappa shape index (κ1) is 27.7. The topological polar surface area (TPSA) is 130 Å². The number of hydrogen-bond acceptors (Lipinski definition) is 7. The van der Waals surface area contributed by atoms with E-state index in [9.17, 15) is 9.59 Å². The molecule has 39 heavy (non-hydrogen) atoms. The second kappa shape index (κ2) is 13.4. The van der Waals surface area contributed by atoms with Gasteiger partial charge in [0.05, 0.1) is 13.7 Å². The summed E-state index contributed by atoms with van der Waals surface area (Å²) in [5, 5.41) is 14.2. The van der Waals surface area contributed by atoms with Crippen LogP contribution in [0.25, 0.3) is 0 Å². The molecule has 9 nitrogen and oxygen atoms in total. The van der Waals surface area contributed by atoms with E-state index in [0.717, 1.165) is 42.9 Å². The van der Waals surface area contributed by atoms with Gasteiger partial charge in [0.25, 0.3) is 0 Å². The molecule has 0 radical (unpaired) electrons. The molecule has 204 valence electrons. The molecule has 0 bridgehead atoms. The largest absolute Gasteiger partial charge is 0.482 e. The van der Waals surface area contributed by atoms with Crippen molar-refractivity contribution in [3.05, 3.63) is 89.5 Å². The van der Waals surface area contributed by atoms with Gasteiger partial charge in [-0.3, -0.25) is 10.2 Å². The van der Waals surface area contributed by atoms with Crippen molar-refractivity contribution in [1.29, 1.82) is 5.41 Å². The lowest BCUT2D eigenvalue weighted by Crippen LogP contribution is -2.33. The van der Waals surface area contributed by atoms with Crippen LogP contribution in [0.4, 0.5) is 11.4 Å². The molecule has 1 aliphatic rings. The molecule has 3 aromatic carbocycles. The maximum atomic E-state index is 13.2. The maximum Gasteiger partial charge on any atom is 0.343 e. The molecule has 0 spiro atoms. The summed E-state index contributed by atoms with van der Waals surface area (Å²) in [6.45, 7) is 2.33. The number of piperidine rings is 1. The highest BCUT2D eigenvalue weighted by molar-refractivity contribution is 5.97. The number of amidine groups is 1. The van der Waals surface area contributed by atoms with Crippen molar-refractivity contribution >= 4 is 29.1 Å². The SMILES string of the molecule is COC(=O)COc1cccc(CN(CC(=O)Nc2ccc(C3CCNCC3)cc2)c2cccc(C(=N)N)c2)c1. The molecule has 5 N–H and O–H groups in total. The molecule has 0 aromatic heterocycles. The third-order valence-electron chi connectivity index (χ3n) is 6.72. The van der Waals surface area contributed by atoms with Crippen LogP contribution in [0.1, 0.15) is 35.4 Å². The fourth-order valence-corrected chi connectivity index (χ4v) is 4.63. The first-order valence-corrected chi connectivity index (χ1v) is 13.0. The van der Waals surface area contributed by atoms with Gasteiger partial charge in [0.15, 0.2) is 6.61 Å². The minimum absolute atomic E-state index is 0.0479. The van der Waals surface area contributed by atoms with Crippen molar-refractivity contribution in [2.45, 2.75) is 25.3 Å². The van der Waals surface area contributed by atoms with Crippen LogP contribution in [0.2, 0.25) is 0 Å². The maximum absolute atomic E-state index is 13.2. The average Bonchev–Trinajstić information content (AvgIpc) is 2.96. The van der Waals surface area contributed by atoms with E-state index in [-0.39, 0.29) is 24.9 Å². The van der Waals surface area contributed by atoms with Crippen molar-refractivity contribution in [3.63, 3.8) is 0 Å². The number of amides is 1. The Balaban J connectivity index is 1.48. The van der Waals surface area contributed by atoms with Gasteiger partial charge in [0.2, 0.25) is 5.91 Å². The van der Waals surface area contributed by atoms with Crippen molar-refractivity contribution in [3.8, 4) is 5.75 Å². The molecule has 1 fully saturated rings. The predicted molar refractivity (Wildman–Crippen MR) is 152 cm³/mol. The fourth-order valence-electron chi connectivity index (χ4n) is 4.63. The normalized spacial score (nSPS) is 13.4. The number of ether oxygens (including phenoxy) is 2. The molecule has 3 aromatic rings. The van der Waals surface area contributed by atoms with Gasteiger partial charge in [-0.1, -0.05) is 36.4 Å². The Labute approximate surface area is 228 Å². The van der Waals surface area contributed by atoms with Gasteiger partial charge >= 0.3 is 5.97 Å². The number of hydrogen-bond donors (Lipinski definition) is 4. The number of carbonyl (C=O) groups is 2. The van der Waals surface area contributed by atoms with E-state index in [4.69, 9.17) is 15.9 Å². The summed E-state index contributed by atoms with van der Waals surface area (Å²) in [5.74, 6) is 0.383. The highest BCUT2D eigenvalue weighted by Gasteiger charge is 2.17. The van der Waals surface area contributed by atoms with E-state index >= 15 is 0 Å². The number of benzene rings is 3. The Morgan fingerprint density at radius 2 is 1.79 bits per heavy atom. The Morgan fingerprint density at radius 1 is 1.05 bits per heavy atom. The van der Waals surface area contributed by atoms with E-state index in [1.165, 1.54) is 12.7 Å². The summed E-state index contributed by atoms with van der Waals surface area (Å²) < 4.78 is 10.2. The second-order valence-electron chi connectivity index (χ2n) is 9.53. The first-order chi connectivity index (χ1) is 18.9. The van der Waals surface area contributed by atoms with Gasteiger partial charge in [-0.05, 0) is 79.4 Å². The summed E-state index contributed by atoms with van der Waals surface area (Å²) in [6, 6.07) is 22.7. The molecular formula is C30H35N5O4. The minimum Gasteiger partial charge on any atom is -0.482 e. The predicted octanol–water partition coefficient (Wildman–Crippen LogP) is 3.63. The van der Waals surface area contributed by atoms with E-state index in [1.54, 1.807) is 18.2 Å². The number of nitrogens with zero attached hydrogens (tertiary/aromatic N) is 1. The zero-order valence-electron chi connectivity index (χ0n) is 22.1. The van der Waals surface area contributed by atoms with E-state index in [1.807, 2.05) is 47.4 Å². The van der Waals surface area contributed by atoms with Gasteiger partial charge in [0.1, 0.15) is 11.6 Å². The first-order valence-electron chi connectivity index (χ1n) is 13.0. The van der Waals surface area contributed by atoms with Gasteiger partial charge in [-0.2, -0.15) is 0 Å². The standard InChI is InChI=1S/C30H35N5O4/c1-38-29(37)20-39-27-7-2-4-21(16-27)18-35(26-6-3-5-24(17-26)30(31)32)19-28(36)34-25-10-8-22(9-11-25)23-12-14-33-15-13-23/h2-11,16-17,23,33H,12-15,18-20H2,1H3,(H3,31,32)(H,34,36). The third kappa shape index (κ3) is 8.05. The van der Waals surface area contributed by atoms with E-state index < -0.39 is 5.97 Å². The van der Waals surface area contributed by atoms with Crippen LogP contribution < -0.4 is 26.0 Å². The van der Waals surface area contributed by atoms with Crippen LogP contribution in [0, 0.1) is 5.41 Å². The molecule has 1 saturated heterocycles. The monoisotopic (exact) mass is 529 g/mol. The molecule has 1 amide bonds. The van der Waals surface area contributed by atoms with Gasteiger partial charge in [-0.25, -0.2) is 4.79 Å². The highest BCUT2D eigenvalue weighted by atomic mass is 16.6. The molecule has 0 saturated carbocycles. The third-order valence-corrected chi connectivity index (χ3v) is 6.72. The molecule has 1 aliphatic heterocycles. The van der Waals surface area contributed by atoms with Crippen molar-refractivity contribution < 1.29 is 19.1 Å². The molecule has 4 rings (SSSR count). The van der Waals surface area contributed by atoms with Crippen LogP contribution in [0.15, 0.2) is 72.8 Å². The Bertz CT molecular complexity index is 1290. The molecule has 9 heteroatoms. The lowest BCUT2D eigenvalue weighted by molar-refractivity contribution is -0.142. The van der Waals surface area contributed by atoms with Crippen LogP contribution in [-0.4, -0.2) is 51.1 Å². The molecular weight excluding hydrogens is 494 g/mol. The summed E-state index contributed by atoms with van der Waals surface area (Å²) in [5.41, 5.74) is 9.96. The Morgan fingerprint density at radius 3 is 2.51 bits per heavy atom. The minimum atomic E-state index is -0.469. The lowest BCUT2D eigenvalue weighted by Gasteiger charge is -2.25.